The van der Waals surface area contributed by atoms with Crippen LogP contribution < -0.4 is 5.32 Å². The van der Waals surface area contributed by atoms with Crippen LogP contribution in [0.15, 0.2) is 95.7 Å². The molecule has 6 rings (SSSR count). The molecule has 8 nitrogen and oxygen atoms in total. The van der Waals surface area contributed by atoms with E-state index in [4.69, 9.17) is 14.7 Å². The largest absolute Gasteiger partial charge is 0.434 e. The Kier molecular flexibility index (Phi) is 7.06. The Bertz CT molecular complexity index is 1570. The van der Waals surface area contributed by atoms with E-state index in [1.165, 1.54) is 5.56 Å². The first kappa shape index (κ1) is 24.5. The predicted molar refractivity (Wildman–Crippen MR) is 149 cm³/mol. The lowest BCUT2D eigenvalue weighted by Crippen LogP contribution is -2.38. The van der Waals surface area contributed by atoms with Crippen molar-refractivity contribution in [2.45, 2.75) is 25.4 Å². The lowest BCUT2D eigenvalue weighted by atomic mass is 10.0. The number of piperidine rings is 1. The van der Waals surface area contributed by atoms with Crippen LogP contribution in [0.25, 0.3) is 34.2 Å². The van der Waals surface area contributed by atoms with Crippen LogP contribution in [0.5, 0.6) is 0 Å². The SMILES string of the molecule is N#Cc1nccc(NC2CCN(Cc3ccc(-c4oc(-c5ccccn5)nc4-c4ccccc4)cc3)CC2)n1. The Morgan fingerprint density at radius 3 is 2.38 bits per heavy atom. The van der Waals surface area contributed by atoms with Crippen molar-refractivity contribution in [1.29, 1.82) is 5.26 Å². The van der Waals surface area contributed by atoms with E-state index < -0.39 is 0 Å². The zero-order valence-corrected chi connectivity index (χ0v) is 21.4. The zero-order valence-electron chi connectivity index (χ0n) is 21.4. The molecule has 4 heterocycles. The number of nitrogens with one attached hydrogen (secondary N) is 1. The smallest absolute Gasteiger partial charge is 0.246 e. The molecule has 1 saturated heterocycles. The van der Waals surface area contributed by atoms with Gasteiger partial charge in [-0.1, -0.05) is 60.7 Å². The minimum atomic E-state index is 0.190. The van der Waals surface area contributed by atoms with Crippen molar-refractivity contribution < 1.29 is 4.42 Å². The molecule has 39 heavy (non-hydrogen) atoms. The summed E-state index contributed by atoms with van der Waals surface area (Å²) >= 11 is 0. The third-order valence-corrected chi connectivity index (χ3v) is 6.88. The molecule has 0 saturated carbocycles. The molecule has 1 fully saturated rings. The van der Waals surface area contributed by atoms with Crippen LogP contribution in [0.2, 0.25) is 0 Å². The molecule has 8 heteroatoms. The molecule has 0 spiro atoms. The normalized spacial score (nSPS) is 14.1. The summed E-state index contributed by atoms with van der Waals surface area (Å²) in [5, 5.41) is 12.5. The van der Waals surface area contributed by atoms with E-state index >= 15 is 0 Å². The number of hydrogen-bond donors (Lipinski definition) is 1. The van der Waals surface area contributed by atoms with Gasteiger partial charge in [0.25, 0.3) is 0 Å². The van der Waals surface area contributed by atoms with Crippen molar-refractivity contribution >= 4 is 5.82 Å². The van der Waals surface area contributed by atoms with Gasteiger partial charge >= 0.3 is 0 Å². The molecule has 2 aromatic carbocycles. The van der Waals surface area contributed by atoms with Gasteiger partial charge in [0.2, 0.25) is 11.7 Å². The Morgan fingerprint density at radius 1 is 0.846 bits per heavy atom. The quantitative estimate of drug-likeness (QED) is 0.291. The molecule has 3 aromatic heterocycles. The summed E-state index contributed by atoms with van der Waals surface area (Å²) in [7, 11) is 0. The predicted octanol–water partition coefficient (Wildman–Crippen LogP) is 5.81. The number of nitriles is 1. The van der Waals surface area contributed by atoms with E-state index in [0.29, 0.717) is 23.4 Å². The van der Waals surface area contributed by atoms with Gasteiger partial charge in [0, 0.05) is 49.2 Å². The highest BCUT2D eigenvalue weighted by Gasteiger charge is 2.21. The third kappa shape index (κ3) is 5.69. The van der Waals surface area contributed by atoms with Crippen LogP contribution in [0.4, 0.5) is 5.82 Å². The highest BCUT2D eigenvalue weighted by atomic mass is 16.4. The fourth-order valence-corrected chi connectivity index (χ4v) is 4.86. The van der Waals surface area contributed by atoms with Crippen molar-refractivity contribution in [2.24, 2.45) is 0 Å². The summed E-state index contributed by atoms with van der Waals surface area (Å²) in [6.45, 7) is 2.87. The number of rotatable bonds is 7. The number of nitrogens with zero attached hydrogens (tertiary/aromatic N) is 6. The number of anilines is 1. The van der Waals surface area contributed by atoms with E-state index in [1.54, 1.807) is 12.4 Å². The summed E-state index contributed by atoms with van der Waals surface area (Å²) in [5.41, 5.74) is 4.76. The molecule has 0 atom stereocenters. The number of oxazole rings is 1. The van der Waals surface area contributed by atoms with Gasteiger partial charge in [-0.25, -0.2) is 15.0 Å². The summed E-state index contributed by atoms with van der Waals surface area (Å²) in [6.07, 6.45) is 5.39. The summed E-state index contributed by atoms with van der Waals surface area (Å²) in [6, 6.07) is 28.5. The first-order valence-electron chi connectivity index (χ1n) is 13.0. The molecule has 0 bridgehead atoms. The number of hydrogen-bond acceptors (Lipinski definition) is 8. The first-order valence-corrected chi connectivity index (χ1v) is 13.0. The van der Waals surface area contributed by atoms with Gasteiger partial charge in [0.1, 0.15) is 23.3 Å². The van der Waals surface area contributed by atoms with Crippen LogP contribution in [-0.4, -0.2) is 44.0 Å². The Morgan fingerprint density at radius 2 is 1.64 bits per heavy atom. The van der Waals surface area contributed by atoms with E-state index in [2.05, 4.69) is 49.4 Å². The van der Waals surface area contributed by atoms with Crippen LogP contribution >= 0.6 is 0 Å². The van der Waals surface area contributed by atoms with Crippen LogP contribution in [-0.2, 0) is 6.54 Å². The second-order valence-electron chi connectivity index (χ2n) is 9.55. The minimum Gasteiger partial charge on any atom is -0.434 e. The van der Waals surface area contributed by atoms with E-state index in [-0.39, 0.29) is 5.82 Å². The van der Waals surface area contributed by atoms with Crippen molar-refractivity contribution in [3.63, 3.8) is 0 Å². The molecular formula is C31H27N7O. The monoisotopic (exact) mass is 513 g/mol. The van der Waals surface area contributed by atoms with Crippen molar-refractivity contribution in [3.8, 4) is 40.2 Å². The fourth-order valence-electron chi connectivity index (χ4n) is 4.86. The van der Waals surface area contributed by atoms with Gasteiger partial charge in [-0.2, -0.15) is 5.26 Å². The highest BCUT2D eigenvalue weighted by Crippen LogP contribution is 2.35. The van der Waals surface area contributed by atoms with Gasteiger partial charge in [-0.15, -0.1) is 0 Å². The first-order chi connectivity index (χ1) is 19.2. The molecule has 0 radical (unpaired) electrons. The highest BCUT2D eigenvalue weighted by molar-refractivity contribution is 5.78. The maximum Gasteiger partial charge on any atom is 0.246 e. The summed E-state index contributed by atoms with van der Waals surface area (Å²) < 4.78 is 6.29. The number of benzene rings is 2. The lowest BCUT2D eigenvalue weighted by molar-refractivity contribution is 0.211. The number of pyridine rings is 1. The molecule has 0 aliphatic carbocycles. The minimum absolute atomic E-state index is 0.190. The molecule has 0 unspecified atom stereocenters. The van der Waals surface area contributed by atoms with E-state index in [0.717, 1.165) is 55.1 Å². The van der Waals surface area contributed by atoms with Gasteiger partial charge in [-0.05, 0) is 36.6 Å². The Labute approximate surface area is 227 Å². The average Bonchev–Trinajstić information content (AvgIpc) is 3.45. The third-order valence-electron chi connectivity index (χ3n) is 6.88. The van der Waals surface area contributed by atoms with E-state index in [9.17, 15) is 0 Å². The topological polar surface area (TPSA) is 104 Å². The van der Waals surface area contributed by atoms with Crippen molar-refractivity contribution in [2.75, 3.05) is 18.4 Å². The molecule has 5 aromatic rings. The Balaban J connectivity index is 1.14. The van der Waals surface area contributed by atoms with Crippen LogP contribution in [0.1, 0.15) is 24.2 Å². The van der Waals surface area contributed by atoms with Gasteiger partial charge in [-0.3, -0.25) is 9.88 Å². The maximum absolute atomic E-state index is 9.02. The lowest BCUT2D eigenvalue weighted by Gasteiger charge is -2.32. The van der Waals surface area contributed by atoms with Gasteiger partial charge < -0.3 is 9.73 Å². The molecule has 1 aliphatic rings. The van der Waals surface area contributed by atoms with Gasteiger partial charge in [0.15, 0.2) is 5.76 Å². The maximum atomic E-state index is 9.02. The van der Waals surface area contributed by atoms with Crippen LogP contribution in [0.3, 0.4) is 0 Å². The molecule has 192 valence electrons. The standard InChI is InChI=1S/C31H27N7O/c32-20-28-34-17-13-27(36-28)35-25-14-18-38(19-15-25)21-22-9-11-24(12-10-22)30-29(23-6-2-1-3-7-23)37-31(39-30)26-8-4-5-16-33-26/h1-13,16-17,25H,14-15,18-19,21H2,(H,34,35,36). The Hall–Kier alpha value is -4.87. The summed E-state index contributed by atoms with van der Waals surface area (Å²) in [5.74, 6) is 2.15. The second kappa shape index (κ2) is 11.3. The van der Waals surface area contributed by atoms with Crippen molar-refractivity contribution in [3.05, 3.63) is 103 Å². The molecule has 1 N–H and O–H groups in total. The molecule has 1 aliphatic heterocycles. The zero-order chi connectivity index (χ0) is 26.4. The summed E-state index contributed by atoms with van der Waals surface area (Å²) in [4.78, 5) is 19.9. The number of likely N-dealkylation sites (tertiary alicyclic amines) is 1. The second-order valence-corrected chi connectivity index (χ2v) is 9.55. The van der Waals surface area contributed by atoms with E-state index in [1.807, 2.05) is 60.7 Å². The van der Waals surface area contributed by atoms with Gasteiger partial charge in [0.05, 0.1) is 0 Å². The number of aromatic nitrogens is 4. The van der Waals surface area contributed by atoms with Crippen LogP contribution in [0, 0.1) is 11.3 Å². The average molecular weight is 514 g/mol. The molecule has 0 amide bonds. The molecular weight excluding hydrogens is 486 g/mol. The fraction of sp³-hybridized carbons (Fsp3) is 0.194. The van der Waals surface area contributed by atoms with Crippen molar-refractivity contribution in [1.82, 2.24) is 24.8 Å².